The Hall–Kier alpha value is -1.13. The second-order valence-electron chi connectivity index (χ2n) is 4.09. The van der Waals surface area contributed by atoms with E-state index in [0.29, 0.717) is 6.04 Å². The molecule has 1 aliphatic rings. The predicted molar refractivity (Wildman–Crippen MR) is 64.4 cm³/mol. The van der Waals surface area contributed by atoms with Crippen LogP contribution in [0, 0.1) is 0 Å². The first-order valence-corrected chi connectivity index (χ1v) is 6.53. The smallest absolute Gasteiger partial charge is 0.126 e. The van der Waals surface area contributed by atoms with Crippen molar-refractivity contribution in [1.29, 1.82) is 0 Å². The number of piperidine rings is 1. The first-order valence-electron chi connectivity index (χ1n) is 5.65. The molecule has 2 aromatic rings. The molecule has 1 atom stereocenters. The highest BCUT2D eigenvalue weighted by Gasteiger charge is 2.17. The van der Waals surface area contributed by atoms with Gasteiger partial charge >= 0.3 is 0 Å². The van der Waals surface area contributed by atoms with E-state index in [1.807, 2.05) is 6.07 Å². The van der Waals surface area contributed by atoms with E-state index >= 15 is 0 Å². The minimum Gasteiger partial charge on any atom is -0.472 e. The summed E-state index contributed by atoms with van der Waals surface area (Å²) in [6.07, 6.45) is 7.23. The van der Waals surface area contributed by atoms with Crippen molar-refractivity contribution in [3.8, 4) is 10.6 Å². The molecule has 0 spiro atoms. The number of thiazole rings is 1. The molecule has 0 radical (unpaired) electrons. The first-order chi connectivity index (χ1) is 7.93. The van der Waals surface area contributed by atoms with Crippen LogP contribution in [0.15, 0.2) is 28.4 Å². The maximum atomic E-state index is 5.07. The summed E-state index contributed by atoms with van der Waals surface area (Å²) >= 11 is 1.69. The fraction of sp³-hybridized carbons (Fsp3) is 0.417. The van der Waals surface area contributed by atoms with E-state index < -0.39 is 0 Å². The third-order valence-corrected chi connectivity index (χ3v) is 3.87. The molecule has 3 rings (SSSR count). The number of furan rings is 1. The van der Waals surface area contributed by atoms with Gasteiger partial charge in [0, 0.05) is 10.9 Å². The molecular formula is C12H14N2OS. The van der Waals surface area contributed by atoms with Crippen molar-refractivity contribution in [2.24, 2.45) is 0 Å². The van der Waals surface area contributed by atoms with Gasteiger partial charge in [0.05, 0.1) is 18.0 Å². The normalized spacial score (nSPS) is 21.1. The highest BCUT2D eigenvalue weighted by atomic mass is 32.1. The van der Waals surface area contributed by atoms with Crippen LogP contribution in [-0.2, 0) is 0 Å². The van der Waals surface area contributed by atoms with Crippen LogP contribution in [0.1, 0.15) is 31.0 Å². The van der Waals surface area contributed by atoms with E-state index in [1.54, 1.807) is 23.9 Å². The van der Waals surface area contributed by atoms with Crippen molar-refractivity contribution in [3.05, 3.63) is 29.7 Å². The van der Waals surface area contributed by atoms with Crippen LogP contribution >= 0.6 is 11.3 Å². The number of nitrogens with one attached hydrogen (secondary N) is 1. The van der Waals surface area contributed by atoms with Gasteiger partial charge in [0.2, 0.25) is 0 Å². The molecule has 1 N–H and O–H groups in total. The molecule has 3 nitrogen and oxygen atoms in total. The van der Waals surface area contributed by atoms with Crippen LogP contribution in [0.2, 0.25) is 0 Å². The van der Waals surface area contributed by atoms with Gasteiger partial charge in [-0.25, -0.2) is 4.98 Å². The summed E-state index contributed by atoms with van der Waals surface area (Å²) in [7, 11) is 0. The zero-order valence-electron chi connectivity index (χ0n) is 8.98. The average molecular weight is 234 g/mol. The van der Waals surface area contributed by atoms with Gasteiger partial charge in [0.15, 0.2) is 0 Å². The van der Waals surface area contributed by atoms with Gasteiger partial charge in [-0.2, -0.15) is 0 Å². The average Bonchev–Trinajstić information content (AvgIpc) is 3.01. The summed E-state index contributed by atoms with van der Waals surface area (Å²) in [4.78, 5) is 4.67. The van der Waals surface area contributed by atoms with Crippen molar-refractivity contribution in [3.63, 3.8) is 0 Å². The van der Waals surface area contributed by atoms with Crippen LogP contribution in [0.3, 0.4) is 0 Å². The van der Waals surface area contributed by atoms with Gasteiger partial charge in [-0.1, -0.05) is 6.42 Å². The van der Waals surface area contributed by atoms with Crippen LogP contribution in [-0.4, -0.2) is 11.5 Å². The lowest BCUT2D eigenvalue weighted by Crippen LogP contribution is -2.26. The van der Waals surface area contributed by atoms with Crippen molar-refractivity contribution in [2.75, 3.05) is 6.54 Å². The highest BCUT2D eigenvalue weighted by Crippen LogP contribution is 2.29. The molecule has 84 valence electrons. The molecule has 1 fully saturated rings. The molecule has 3 heterocycles. The second kappa shape index (κ2) is 4.39. The molecule has 1 unspecified atom stereocenters. The van der Waals surface area contributed by atoms with E-state index in [4.69, 9.17) is 4.42 Å². The van der Waals surface area contributed by atoms with Gasteiger partial charge < -0.3 is 9.73 Å². The molecule has 0 amide bonds. The second-order valence-corrected chi connectivity index (χ2v) is 4.95. The summed E-state index contributed by atoms with van der Waals surface area (Å²) in [5.74, 6) is 0. The molecular weight excluding hydrogens is 220 g/mol. The summed E-state index contributed by atoms with van der Waals surface area (Å²) in [6, 6.07) is 2.40. The molecule has 2 aromatic heterocycles. The first kappa shape index (κ1) is 10.1. The van der Waals surface area contributed by atoms with Gasteiger partial charge in [0.25, 0.3) is 0 Å². The fourth-order valence-electron chi connectivity index (χ4n) is 2.07. The Bertz CT molecular complexity index is 443. The SMILES string of the molecule is c1cc(-c2nc(C3CCCCN3)cs2)co1. The highest BCUT2D eigenvalue weighted by molar-refractivity contribution is 7.13. The fourth-order valence-corrected chi connectivity index (χ4v) is 2.93. The summed E-state index contributed by atoms with van der Waals surface area (Å²) in [5, 5.41) is 6.72. The van der Waals surface area contributed by atoms with Gasteiger partial charge in [0.1, 0.15) is 11.3 Å². The van der Waals surface area contributed by atoms with Crippen molar-refractivity contribution in [2.45, 2.75) is 25.3 Å². The Morgan fingerprint density at radius 2 is 2.44 bits per heavy atom. The minimum absolute atomic E-state index is 0.450. The Morgan fingerprint density at radius 3 is 3.19 bits per heavy atom. The number of rotatable bonds is 2. The summed E-state index contributed by atoms with van der Waals surface area (Å²) < 4.78 is 5.07. The molecule has 0 aliphatic carbocycles. The number of hydrogen-bond donors (Lipinski definition) is 1. The largest absolute Gasteiger partial charge is 0.472 e. The topological polar surface area (TPSA) is 38.1 Å². The quantitative estimate of drug-likeness (QED) is 0.867. The van der Waals surface area contributed by atoms with E-state index in [1.165, 1.54) is 25.0 Å². The van der Waals surface area contributed by atoms with E-state index in [-0.39, 0.29) is 0 Å². The molecule has 0 bridgehead atoms. The molecule has 0 saturated carbocycles. The van der Waals surface area contributed by atoms with Crippen LogP contribution < -0.4 is 5.32 Å². The number of nitrogens with zero attached hydrogens (tertiary/aromatic N) is 1. The lowest BCUT2D eigenvalue weighted by atomic mass is 10.0. The molecule has 1 aliphatic heterocycles. The van der Waals surface area contributed by atoms with Gasteiger partial charge in [-0.15, -0.1) is 11.3 Å². The number of hydrogen-bond acceptors (Lipinski definition) is 4. The Morgan fingerprint density at radius 1 is 1.44 bits per heavy atom. The van der Waals surface area contributed by atoms with Crippen molar-refractivity contribution < 1.29 is 4.42 Å². The summed E-state index contributed by atoms with van der Waals surface area (Å²) in [5.41, 5.74) is 2.26. The standard InChI is InChI=1S/C12H14N2OS/c1-2-5-13-10(3-1)11-8-16-12(14-11)9-4-6-15-7-9/h4,6-8,10,13H,1-3,5H2. The molecule has 1 saturated heterocycles. The van der Waals surface area contributed by atoms with Crippen LogP contribution in [0.25, 0.3) is 10.6 Å². The van der Waals surface area contributed by atoms with E-state index in [9.17, 15) is 0 Å². The van der Waals surface area contributed by atoms with Crippen LogP contribution in [0.4, 0.5) is 0 Å². The summed E-state index contributed by atoms with van der Waals surface area (Å²) in [6.45, 7) is 1.11. The molecule has 0 aromatic carbocycles. The van der Waals surface area contributed by atoms with Crippen molar-refractivity contribution in [1.82, 2.24) is 10.3 Å². The van der Waals surface area contributed by atoms with E-state index in [0.717, 1.165) is 17.1 Å². The maximum absolute atomic E-state index is 5.07. The van der Waals surface area contributed by atoms with Crippen LogP contribution in [0.5, 0.6) is 0 Å². The third kappa shape index (κ3) is 1.90. The van der Waals surface area contributed by atoms with Gasteiger partial charge in [-0.05, 0) is 25.5 Å². The predicted octanol–water partition coefficient (Wildman–Crippen LogP) is 3.22. The lowest BCUT2D eigenvalue weighted by molar-refractivity contribution is 0.407. The lowest BCUT2D eigenvalue weighted by Gasteiger charge is -2.21. The Kier molecular flexibility index (Phi) is 2.76. The molecule has 4 heteroatoms. The maximum Gasteiger partial charge on any atom is 0.126 e. The van der Waals surface area contributed by atoms with Crippen molar-refractivity contribution >= 4 is 11.3 Å². The monoisotopic (exact) mass is 234 g/mol. The Balaban J connectivity index is 1.82. The number of aromatic nitrogens is 1. The molecule has 16 heavy (non-hydrogen) atoms. The zero-order chi connectivity index (χ0) is 10.8. The minimum atomic E-state index is 0.450. The van der Waals surface area contributed by atoms with E-state index in [2.05, 4.69) is 15.7 Å². The van der Waals surface area contributed by atoms with Gasteiger partial charge in [-0.3, -0.25) is 0 Å². The zero-order valence-corrected chi connectivity index (χ0v) is 9.80. The third-order valence-electron chi connectivity index (χ3n) is 2.96. The Labute approximate surface area is 98.5 Å².